The van der Waals surface area contributed by atoms with Crippen molar-refractivity contribution in [2.24, 2.45) is 0 Å². The number of aromatic nitrogens is 1. The number of carbonyl (C=O) groups is 1. The third-order valence-electron chi connectivity index (χ3n) is 3.53. The molecule has 1 aromatic heterocycles. The highest BCUT2D eigenvalue weighted by Gasteiger charge is 2.52. The summed E-state index contributed by atoms with van der Waals surface area (Å²) < 4.78 is 11.6. The third-order valence-corrected chi connectivity index (χ3v) is 3.53. The zero-order chi connectivity index (χ0) is 13.6. The van der Waals surface area contributed by atoms with E-state index in [0.29, 0.717) is 17.4 Å². The number of carbonyl (C=O) groups excluding carboxylic acids is 1. The van der Waals surface area contributed by atoms with Crippen LogP contribution in [0.2, 0.25) is 0 Å². The lowest BCUT2D eigenvalue weighted by Crippen LogP contribution is -2.41. The van der Waals surface area contributed by atoms with Crippen LogP contribution in [0.25, 0.3) is 0 Å². The largest absolute Gasteiger partial charge is 0.512 e. The van der Waals surface area contributed by atoms with Crippen molar-refractivity contribution in [2.75, 3.05) is 0 Å². The van der Waals surface area contributed by atoms with E-state index < -0.39 is 18.3 Å². The topological polar surface area (TPSA) is 68.4 Å². The summed E-state index contributed by atoms with van der Waals surface area (Å²) in [5.74, 6) is 0. The van der Waals surface area contributed by atoms with Crippen LogP contribution in [0.5, 0.6) is 0 Å². The van der Waals surface area contributed by atoms with Gasteiger partial charge in [-0.05, 0) is 33.8 Å². The number of aldehydes is 1. The molecule has 5 nitrogen and oxygen atoms in total. The Labute approximate surface area is 106 Å². The van der Waals surface area contributed by atoms with Crippen LogP contribution in [-0.2, 0) is 9.31 Å². The fraction of sp³-hybridized carbons (Fsp3) is 0.500. The molecule has 0 atom stereocenters. The Morgan fingerprint density at radius 1 is 1.17 bits per heavy atom. The lowest BCUT2D eigenvalue weighted by molar-refractivity contribution is 0.00578. The van der Waals surface area contributed by atoms with Crippen molar-refractivity contribution in [1.82, 2.24) is 4.98 Å². The van der Waals surface area contributed by atoms with E-state index in [4.69, 9.17) is 9.31 Å². The summed E-state index contributed by atoms with van der Waals surface area (Å²) in [6, 6.07) is 2.80. The molecule has 1 fully saturated rings. The number of nitrogens with one attached hydrogen (secondary N) is 1. The molecule has 1 N–H and O–H groups in total. The maximum Gasteiger partial charge on any atom is 0.512 e. The standard InChI is InChI=1S/C12H16BNO4/c1-11(2)12(3,4)18-13(17-11)9-5-8(7-15)6-10(16)14-9/h5-7H,1-4H3,(H,14,16). The van der Waals surface area contributed by atoms with Gasteiger partial charge in [-0.1, -0.05) is 0 Å². The van der Waals surface area contributed by atoms with Crippen molar-refractivity contribution in [1.29, 1.82) is 0 Å². The highest BCUT2D eigenvalue weighted by atomic mass is 16.7. The molecule has 0 unspecified atom stereocenters. The van der Waals surface area contributed by atoms with E-state index in [0.717, 1.165) is 0 Å². The van der Waals surface area contributed by atoms with Gasteiger partial charge in [0, 0.05) is 17.2 Å². The molecule has 96 valence electrons. The van der Waals surface area contributed by atoms with Crippen LogP contribution in [0.4, 0.5) is 0 Å². The number of H-pyrrole nitrogens is 1. The summed E-state index contributed by atoms with van der Waals surface area (Å²) >= 11 is 0. The van der Waals surface area contributed by atoms with Gasteiger partial charge < -0.3 is 14.3 Å². The van der Waals surface area contributed by atoms with Crippen molar-refractivity contribution in [3.05, 3.63) is 28.0 Å². The Hall–Kier alpha value is -1.40. The average Bonchev–Trinajstić information content (AvgIpc) is 2.47. The van der Waals surface area contributed by atoms with Gasteiger partial charge in [-0.3, -0.25) is 9.59 Å². The molecule has 0 aromatic carbocycles. The zero-order valence-corrected chi connectivity index (χ0v) is 10.9. The molecule has 1 saturated heterocycles. The molecular weight excluding hydrogens is 233 g/mol. The van der Waals surface area contributed by atoms with E-state index in [9.17, 15) is 9.59 Å². The second-order valence-corrected chi connectivity index (χ2v) is 5.44. The predicted molar refractivity (Wildman–Crippen MR) is 68.2 cm³/mol. The predicted octanol–water partition coefficient (Wildman–Crippen LogP) is 0.487. The summed E-state index contributed by atoms with van der Waals surface area (Å²) in [5.41, 5.74) is -0.534. The van der Waals surface area contributed by atoms with Crippen LogP contribution < -0.4 is 11.2 Å². The molecule has 18 heavy (non-hydrogen) atoms. The van der Waals surface area contributed by atoms with Gasteiger partial charge >= 0.3 is 7.12 Å². The lowest BCUT2D eigenvalue weighted by atomic mass is 9.83. The van der Waals surface area contributed by atoms with Crippen molar-refractivity contribution in [3.8, 4) is 0 Å². The van der Waals surface area contributed by atoms with Gasteiger partial charge in [-0.25, -0.2) is 0 Å². The molecule has 2 rings (SSSR count). The molecule has 2 heterocycles. The SMILES string of the molecule is CC1(C)OB(c2cc(C=O)cc(=O)[nH]2)OC1(C)C. The molecule has 0 spiro atoms. The van der Waals surface area contributed by atoms with E-state index in [2.05, 4.69) is 4.98 Å². The van der Waals surface area contributed by atoms with Crippen molar-refractivity contribution in [2.45, 2.75) is 38.9 Å². The molecule has 6 heteroatoms. The van der Waals surface area contributed by atoms with Crippen molar-refractivity contribution < 1.29 is 14.1 Å². The van der Waals surface area contributed by atoms with Gasteiger partial charge in [-0.15, -0.1) is 0 Å². The molecular formula is C12H16BNO4. The van der Waals surface area contributed by atoms with Crippen LogP contribution >= 0.6 is 0 Å². The Balaban J connectivity index is 2.38. The van der Waals surface area contributed by atoms with Gasteiger partial charge in [0.1, 0.15) is 6.29 Å². The van der Waals surface area contributed by atoms with E-state index in [1.807, 2.05) is 27.7 Å². The van der Waals surface area contributed by atoms with E-state index in [1.165, 1.54) is 6.07 Å². The van der Waals surface area contributed by atoms with Gasteiger partial charge in [0.25, 0.3) is 0 Å². The first-order chi connectivity index (χ1) is 8.25. The first kappa shape index (κ1) is 13.0. The molecule has 1 aliphatic heterocycles. The Bertz CT molecular complexity index is 519. The monoisotopic (exact) mass is 249 g/mol. The number of pyridine rings is 1. The normalized spacial score (nSPS) is 21.0. The number of aromatic amines is 1. The minimum absolute atomic E-state index is 0.309. The molecule has 0 saturated carbocycles. The van der Waals surface area contributed by atoms with E-state index in [1.54, 1.807) is 6.07 Å². The zero-order valence-electron chi connectivity index (χ0n) is 10.9. The number of rotatable bonds is 2. The van der Waals surface area contributed by atoms with E-state index in [-0.39, 0.29) is 5.56 Å². The summed E-state index contributed by atoms with van der Waals surface area (Å²) in [4.78, 5) is 24.8. The molecule has 1 aliphatic rings. The first-order valence-corrected chi connectivity index (χ1v) is 5.80. The fourth-order valence-electron chi connectivity index (χ4n) is 1.75. The Morgan fingerprint density at radius 2 is 1.72 bits per heavy atom. The van der Waals surface area contributed by atoms with Gasteiger partial charge in [0.2, 0.25) is 5.56 Å². The summed E-state index contributed by atoms with van der Waals surface area (Å²) in [7, 11) is -0.664. The van der Waals surface area contributed by atoms with Crippen LogP contribution in [0, 0.1) is 0 Å². The summed E-state index contributed by atoms with van der Waals surface area (Å²) in [5, 5.41) is 0. The molecule has 0 amide bonds. The summed E-state index contributed by atoms with van der Waals surface area (Å²) in [6.45, 7) is 7.70. The second-order valence-electron chi connectivity index (χ2n) is 5.44. The second kappa shape index (κ2) is 4.07. The van der Waals surface area contributed by atoms with Crippen LogP contribution in [-0.4, -0.2) is 29.6 Å². The van der Waals surface area contributed by atoms with Gasteiger partial charge in [0.05, 0.1) is 11.2 Å². The average molecular weight is 249 g/mol. The smallest absolute Gasteiger partial charge is 0.398 e. The highest BCUT2D eigenvalue weighted by Crippen LogP contribution is 2.36. The number of hydrogen-bond donors (Lipinski definition) is 1. The van der Waals surface area contributed by atoms with Crippen molar-refractivity contribution >= 4 is 19.0 Å². The van der Waals surface area contributed by atoms with Crippen molar-refractivity contribution in [3.63, 3.8) is 0 Å². The highest BCUT2D eigenvalue weighted by molar-refractivity contribution is 6.61. The Morgan fingerprint density at radius 3 is 2.22 bits per heavy atom. The van der Waals surface area contributed by atoms with Gasteiger partial charge in [-0.2, -0.15) is 0 Å². The molecule has 0 bridgehead atoms. The molecule has 0 aliphatic carbocycles. The van der Waals surface area contributed by atoms with Crippen LogP contribution in [0.1, 0.15) is 38.1 Å². The number of hydrogen-bond acceptors (Lipinski definition) is 4. The minimum Gasteiger partial charge on any atom is -0.398 e. The van der Waals surface area contributed by atoms with E-state index >= 15 is 0 Å². The molecule has 0 radical (unpaired) electrons. The molecule has 1 aromatic rings. The fourth-order valence-corrected chi connectivity index (χ4v) is 1.75. The van der Waals surface area contributed by atoms with Crippen LogP contribution in [0.3, 0.4) is 0 Å². The maximum atomic E-state index is 11.4. The maximum absolute atomic E-state index is 11.4. The van der Waals surface area contributed by atoms with Gasteiger partial charge in [0.15, 0.2) is 0 Å². The van der Waals surface area contributed by atoms with Crippen LogP contribution in [0.15, 0.2) is 16.9 Å². The first-order valence-electron chi connectivity index (χ1n) is 5.80. The lowest BCUT2D eigenvalue weighted by Gasteiger charge is -2.32. The minimum atomic E-state index is -0.664. The third kappa shape index (κ3) is 2.13. The summed E-state index contributed by atoms with van der Waals surface area (Å²) in [6.07, 6.45) is 0.629. The Kier molecular flexibility index (Phi) is 2.95. The quantitative estimate of drug-likeness (QED) is 0.611.